The van der Waals surface area contributed by atoms with Gasteiger partial charge in [-0.2, -0.15) is 8.42 Å². The van der Waals surface area contributed by atoms with Gasteiger partial charge in [0.2, 0.25) is 0 Å². The van der Waals surface area contributed by atoms with Gasteiger partial charge in [0.05, 0.1) is 0 Å². The maximum Gasteiger partial charge on any atom is 0.438 e. The molecule has 0 unspecified atom stereocenters. The van der Waals surface area contributed by atoms with Gasteiger partial charge in [-0.05, 0) is 26.3 Å². The zero-order valence-electron chi connectivity index (χ0n) is 8.82. The molecule has 0 bridgehead atoms. The predicted octanol–water partition coefficient (Wildman–Crippen LogP) is 2.46. The van der Waals surface area contributed by atoms with Crippen LogP contribution in [-0.2, 0) is 20.3 Å². The lowest BCUT2D eigenvalue weighted by molar-refractivity contribution is 0.107. The van der Waals surface area contributed by atoms with Crippen LogP contribution in [0.5, 0.6) is 0 Å². The zero-order valence-corrected chi connectivity index (χ0v) is 9.64. The van der Waals surface area contributed by atoms with E-state index in [9.17, 15) is 12.3 Å². The molecule has 0 aliphatic heterocycles. The van der Waals surface area contributed by atoms with Crippen LogP contribution >= 0.6 is 0 Å². The molecule has 0 aromatic heterocycles. The van der Waals surface area contributed by atoms with Crippen LogP contribution in [0.2, 0.25) is 0 Å². The molecule has 0 spiro atoms. The Morgan fingerprint density at radius 3 is 2.07 bits per heavy atom. The van der Waals surface area contributed by atoms with Gasteiger partial charge in [-0.3, -0.25) is 0 Å². The van der Waals surface area contributed by atoms with Crippen LogP contribution < -0.4 is 0 Å². The van der Waals surface area contributed by atoms with Gasteiger partial charge in [0, 0.05) is 0 Å². The maximum absolute atomic E-state index is 12.4. The molecule has 5 heteroatoms. The van der Waals surface area contributed by atoms with E-state index in [1.165, 1.54) is 13.8 Å². The minimum Gasteiger partial charge on any atom is -0.234 e. The highest BCUT2D eigenvalue weighted by molar-refractivity contribution is 7.81. The van der Waals surface area contributed by atoms with Crippen molar-refractivity contribution in [3.63, 3.8) is 0 Å². The Bertz CT molecular complexity index is 434. The second-order valence-corrected chi connectivity index (χ2v) is 4.81. The van der Waals surface area contributed by atoms with Crippen LogP contribution in [-0.4, -0.2) is 8.42 Å². The fourth-order valence-corrected chi connectivity index (χ4v) is 1.85. The van der Waals surface area contributed by atoms with Crippen LogP contribution in [0.4, 0.5) is 3.89 Å². The number of halogens is 1. The first-order valence-corrected chi connectivity index (χ1v) is 5.74. The largest absolute Gasteiger partial charge is 0.438 e. The van der Waals surface area contributed by atoms with E-state index in [4.69, 9.17) is 0 Å². The van der Waals surface area contributed by atoms with Gasteiger partial charge in [0.15, 0.2) is 0 Å². The molecule has 0 fully saturated rings. The summed E-state index contributed by atoms with van der Waals surface area (Å²) in [6, 6.07) is 7.04. The van der Waals surface area contributed by atoms with E-state index in [1.54, 1.807) is 12.1 Å². The normalized spacial score (nSPS) is 12.8. The maximum atomic E-state index is 12.4. The lowest BCUT2D eigenvalue weighted by Gasteiger charge is -2.22. The summed E-state index contributed by atoms with van der Waals surface area (Å²) in [6.45, 7) is 4.90. The van der Waals surface area contributed by atoms with Crippen LogP contribution in [0.15, 0.2) is 24.3 Å². The second kappa shape index (κ2) is 3.90. The van der Waals surface area contributed by atoms with Gasteiger partial charge in [-0.15, -0.1) is 0 Å². The van der Waals surface area contributed by atoms with Crippen molar-refractivity contribution in [1.82, 2.24) is 0 Å². The number of aryl methyl sites for hydroxylation is 1. The molecule has 0 aliphatic carbocycles. The monoisotopic (exact) mass is 232 g/mol. The van der Waals surface area contributed by atoms with Crippen molar-refractivity contribution in [3.05, 3.63) is 35.4 Å². The van der Waals surface area contributed by atoms with Crippen molar-refractivity contribution in [3.8, 4) is 0 Å². The summed E-state index contributed by atoms with van der Waals surface area (Å²) in [5, 5.41) is 0. The van der Waals surface area contributed by atoms with Crippen molar-refractivity contribution < 1.29 is 16.5 Å². The summed E-state index contributed by atoms with van der Waals surface area (Å²) in [6.07, 6.45) is 0. The Morgan fingerprint density at radius 1 is 1.20 bits per heavy atom. The first-order chi connectivity index (χ1) is 6.71. The van der Waals surface area contributed by atoms with E-state index in [-0.39, 0.29) is 0 Å². The highest BCUT2D eigenvalue weighted by Gasteiger charge is 2.28. The predicted molar refractivity (Wildman–Crippen MR) is 55.3 cm³/mol. The molecule has 0 saturated carbocycles. The van der Waals surface area contributed by atoms with E-state index < -0.39 is 16.1 Å². The Balaban J connectivity index is 3.00. The number of benzene rings is 1. The molecular weight excluding hydrogens is 219 g/mol. The van der Waals surface area contributed by atoms with Crippen molar-refractivity contribution >= 4 is 10.5 Å². The summed E-state index contributed by atoms with van der Waals surface area (Å²) >= 11 is 0. The average molecular weight is 232 g/mol. The SMILES string of the molecule is Cc1ccc(C(C)(C)OS(=O)(=O)F)cc1. The molecule has 0 atom stereocenters. The fraction of sp³-hybridized carbons (Fsp3) is 0.400. The highest BCUT2D eigenvalue weighted by Crippen LogP contribution is 2.27. The van der Waals surface area contributed by atoms with Crippen molar-refractivity contribution in [1.29, 1.82) is 0 Å². The smallest absolute Gasteiger partial charge is 0.234 e. The molecule has 1 rings (SSSR count). The van der Waals surface area contributed by atoms with E-state index >= 15 is 0 Å². The standard InChI is InChI=1S/C10H13FO3S/c1-8-4-6-9(7-5-8)10(2,3)14-15(11,12)13/h4-7H,1-3H3. The van der Waals surface area contributed by atoms with Crippen molar-refractivity contribution in [2.24, 2.45) is 0 Å². The van der Waals surface area contributed by atoms with Crippen LogP contribution in [0.1, 0.15) is 25.0 Å². The Morgan fingerprint density at radius 2 is 1.67 bits per heavy atom. The van der Waals surface area contributed by atoms with Gasteiger partial charge in [0.1, 0.15) is 5.60 Å². The number of hydrogen-bond donors (Lipinski definition) is 0. The van der Waals surface area contributed by atoms with Crippen LogP contribution in [0, 0.1) is 6.92 Å². The first-order valence-electron chi connectivity index (χ1n) is 4.43. The molecule has 0 radical (unpaired) electrons. The molecule has 0 aliphatic rings. The average Bonchev–Trinajstić information content (AvgIpc) is 2.00. The Kier molecular flexibility index (Phi) is 3.16. The van der Waals surface area contributed by atoms with Crippen LogP contribution in [0.25, 0.3) is 0 Å². The quantitative estimate of drug-likeness (QED) is 0.752. The fourth-order valence-electron chi connectivity index (χ4n) is 1.25. The lowest BCUT2D eigenvalue weighted by Crippen LogP contribution is -2.23. The Labute approximate surface area is 89.3 Å². The third-order valence-electron chi connectivity index (χ3n) is 2.05. The summed E-state index contributed by atoms with van der Waals surface area (Å²) in [5.74, 6) is 0. The molecule has 0 heterocycles. The molecule has 1 aromatic rings. The molecule has 0 N–H and O–H groups in total. The molecule has 0 saturated heterocycles. The van der Waals surface area contributed by atoms with Gasteiger partial charge >= 0.3 is 10.5 Å². The van der Waals surface area contributed by atoms with Gasteiger partial charge in [0.25, 0.3) is 0 Å². The molecule has 3 nitrogen and oxygen atoms in total. The summed E-state index contributed by atoms with van der Waals surface area (Å²) in [7, 11) is -4.94. The molecule has 15 heavy (non-hydrogen) atoms. The topological polar surface area (TPSA) is 43.4 Å². The van der Waals surface area contributed by atoms with Crippen molar-refractivity contribution in [2.75, 3.05) is 0 Å². The Hall–Kier alpha value is -0.940. The van der Waals surface area contributed by atoms with Gasteiger partial charge < -0.3 is 0 Å². The third-order valence-corrected chi connectivity index (χ3v) is 2.67. The lowest BCUT2D eigenvalue weighted by atomic mass is 9.98. The number of hydrogen-bond acceptors (Lipinski definition) is 3. The zero-order chi connectivity index (χ0) is 11.7. The van der Waals surface area contributed by atoms with E-state index in [2.05, 4.69) is 4.18 Å². The summed E-state index contributed by atoms with van der Waals surface area (Å²) in [4.78, 5) is 0. The van der Waals surface area contributed by atoms with E-state index in [1.807, 2.05) is 19.1 Å². The third kappa shape index (κ3) is 3.60. The molecule has 1 aromatic carbocycles. The summed E-state index contributed by atoms with van der Waals surface area (Å²) < 4.78 is 37.6. The molecule has 84 valence electrons. The minimum absolute atomic E-state index is 0.606. The van der Waals surface area contributed by atoms with Gasteiger partial charge in [-0.1, -0.05) is 33.7 Å². The summed E-state index contributed by atoms with van der Waals surface area (Å²) in [5.41, 5.74) is 0.452. The van der Waals surface area contributed by atoms with Crippen molar-refractivity contribution in [2.45, 2.75) is 26.4 Å². The highest BCUT2D eigenvalue weighted by atomic mass is 32.3. The van der Waals surface area contributed by atoms with Crippen LogP contribution in [0.3, 0.4) is 0 Å². The second-order valence-electron chi connectivity index (χ2n) is 3.85. The minimum atomic E-state index is -4.94. The molecular formula is C10H13FO3S. The first kappa shape index (κ1) is 12.1. The molecule has 0 amide bonds. The van der Waals surface area contributed by atoms with E-state index in [0.29, 0.717) is 5.56 Å². The number of rotatable bonds is 3. The van der Waals surface area contributed by atoms with Gasteiger partial charge in [-0.25, -0.2) is 4.18 Å². The van der Waals surface area contributed by atoms with E-state index in [0.717, 1.165) is 5.56 Å².